The van der Waals surface area contributed by atoms with Crippen molar-refractivity contribution in [1.29, 1.82) is 0 Å². The summed E-state index contributed by atoms with van der Waals surface area (Å²) in [6.45, 7) is 4.57. The van der Waals surface area contributed by atoms with Gasteiger partial charge in [0.2, 0.25) is 0 Å². The lowest BCUT2D eigenvalue weighted by Crippen LogP contribution is -1.93. The number of aromatic hydroxyl groups is 1. The number of hydrogen-bond donors (Lipinski definition) is 1. The number of methoxy groups -OCH3 is 1. The lowest BCUT2D eigenvalue weighted by atomic mass is 10.0. The standard InChI is InChI=1S/C11H16O2/c1-4-10-5-9(7-13-3)6-11(12)8(10)2/h5-6,12H,4,7H2,1-3H3. The van der Waals surface area contributed by atoms with Gasteiger partial charge in [0.25, 0.3) is 0 Å². The molecule has 2 nitrogen and oxygen atoms in total. The number of phenols is 1. The van der Waals surface area contributed by atoms with Gasteiger partial charge < -0.3 is 9.84 Å². The molecule has 0 aliphatic heterocycles. The van der Waals surface area contributed by atoms with Gasteiger partial charge in [0.05, 0.1) is 6.61 Å². The van der Waals surface area contributed by atoms with E-state index in [1.165, 1.54) is 5.56 Å². The van der Waals surface area contributed by atoms with Crippen LogP contribution in [0.15, 0.2) is 12.1 Å². The molecule has 0 bridgehead atoms. The Hall–Kier alpha value is -1.02. The molecule has 0 fully saturated rings. The van der Waals surface area contributed by atoms with Crippen molar-refractivity contribution in [3.05, 3.63) is 28.8 Å². The molecule has 0 aliphatic rings. The van der Waals surface area contributed by atoms with Crippen LogP contribution in [0, 0.1) is 6.92 Å². The van der Waals surface area contributed by atoms with Crippen LogP contribution in [0.3, 0.4) is 0 Å². The lowest BCUT2D eigenvalue weighted by Gasteiger charge is -2.08. The third kappa shape index (κ3) is 2.22. The maximum Gasteiger partial charge on any atom is 0.119 e. The maximum absolute atomic E-state index is 9.58. The van der Waals surface area contributed by atoms with Crippen molar-refractivity contribution >= 4 is 0 Å². The Balaban J connectivity index is 3.06. The fourth-order valence-electron chi connectivity index (χ4n) is 1.44. The normalized spacial score (nSPS) is 10.4. The molecule has 0 spiro atoms. The highest BCUT2D eigenvalue weighted by Gasteiger charge is 2.04. The molecular weight excluding hydrogens is 164 g/mol. The number of benzene rings is 1. The molecule has 13 heavy (non-hydrogen) atoms. The Morgan fingerprint density at radius 2 is 2.08 bits per heavy atom. The second kappa shape index (κ2) is 4.28. The van der Waals surface area contributed by atoms with Crippen LogP contribution >= 0.6 is 0 Å². The molecule has 0 aromatic heterocycles. The zero-order chi connectivity index (χ0) is 9.84. The average molecular weight is 180 g/mol. The minimum Gasteiger partial charge on any atom is -0.508 e. The van der Waals surface area contributed by atoms with Crippen molar-refractivity contribution in [1.82, 2.24) is 0 Å². The molecule has 0 saturated carbocycles. The molecule has 2 heteroatoms. The summed E-state index contributed by atoms with van der Waals surface area (Å²) in [5.74, 6) is 0.367. The molecule has 0 atom stereocenters. The first-order valence-electron chi connectivity index (χ1n) is 4.49. The maximum atomic E-state index is 9.58. The largest absolute Gasteiger partial charge is 0.508 e. The highest BCUT2D eigenvalue weighted by molar-refractivity contribution is 5.41. The molecule has 1 aromatic carbocycles. The van der Waals surface area contributed by atoms with Gasteiger partial charge in [-0.15, -0.1) is 0 Å². The van der Waals surface area contributed by atoms with Crippen LogP contribution < -0.4 is 0 Å². The van der Waals surface area contributed by atoms with Crippen molar-refractivity contribution in [2.75, 3.05) is 7.11 Å². The van der Waals surface area contributed by atoms with E-state index in [0.717, 1.165) is 17.5 Å². The molecule has 0 aliphatic carbocycles. The van der Waals surface area contributed by atoms with Gasteiger partial charge in [0.1, 0.15) is 5.75 Å². The molecule has 1 aromatic rings. The Morgan fingerprint density at radius 3 is 2.62 bits per heavy atom. The Labute approximate surface area is 79.2 Å². The van der Waals surface area contributed by atoms with Gasteiger partial charge in [0.15, 0.2) is 0 Å². The van der Waals surface area contributed by atoms with E-state index >= 15 is 0 Å². The lowest BCUT2D eigenvalue weighted by molar-refractivity contribution is 0.184. The Morgan fingerprint density at radius 1 is 1.38 bits per heavy atom. The molecule has 0 heterocycles. The number of aryl methyl sites for hydroxylation is 1. The van der Waals surface area contributed by atoms with E-state index in [1.54, 1.807) is 13.2 Å². The molecular formula is C11H16O2. The van der Waals surface area contributed by atoms with Gasteiger partial charge in [-0.1, -0.05) is 13.0 Å². The van der Waals surface area contributed by atoms with Crippen LogP contribution in [-0.2, 0) is 17.8 Å². The topological polar surface area (TPSA) is 29.5 Å². The van der Waals surface area contributed by atoms with Gasteiger partial charge in [-0.25, -0.2) is 0 Å². The zero-order valence-corrected chi connectivity index (χ0v) is 8.42. The van der Waals surface area contributed by atoms with E-state index < -0.39 is 0 Å². The highest BCUT2D eigenvalue weighted by atomic mass is 16.5. The van der Waals surface area contributed by atoms with E-state index in [2.05, 4.69) is 13.0 Å². The third-order valence-electron chi connectivity index (χ3n) is 2.24. The average Bonchev–Trinajstić information content (AvgIpc) is 2.11. The molecule has 0 unspecified atom stereocenters. The van der Waals surface area contributed by atoms with E-state index in [-0.39, 0.29) is 0 Å². The van der Waals surface area contributed by atoms with E-state index in [0.29, 0.717) is 12.4 Å². The number of rotatable bonds is 3. The van der Waals surface area contributed by atoms with Crippen LogP contribution in [-0.4, -0.2) is 12.2 Å². The smallest absolute Gasteiger partial charge is 0.119 e. The summed E-state index contributed by atoms with van der Waals surface area (Å²) < 4.78 is 5.01. The van der Waals surface area contributed by atoms with Gasteiger partial charge >= 0.3 is 0 Å². The Kier molecular flexibility index (Phi) is 3.32. The van der Waals surface area contributed by atoms with Crippen LogP contribution in [0.2, 0.25) is 0 Å². The number of phenolic OH excluding ortho intramolecular Hbond substituents is 1. The van der Waals surface area contributed by atoms with Crippen molar-refractivity contribution in [2.45, 2.75) is 26.9 Å². The summed E-state index contributed by atoms with van der Waals surface area (Å²) in [6.07, 6.45) is 0.941. The minimum atomic E-state index is 0.367. The second-order valence-electron chi connectivity index (χ2n) is 3.19. The van der Waals surface area contributed by atoms with Crippen LogP contribution in [0.25, 0.3) is 0 Å². The van der Waals surface area contributed by atoms with E-state index in [9.17, 15) is 5.11 Å². The molecule has 1 N–H and O–H groups in total. The first-order valence-corrected chi connectivity index (χ1v) is 4.49. The molecule has 0 saturated heterocycles. The highest BCUT2D eigenvalue weighted by Crippen LogP contribution is 2.23. The fourth-order valence-corrected chi connectivity index (χ4v) is 1.44. The molecule has 1 rings (SSSR count). The van der Waals surface area contributed by atoms with E-state index in [1.807, 2.05) is 6.92 Å². The third-order valence-corrected chi connectivity index (χ3v) is 2.24. The first-order chi connectivity index (χ1) is 6.19. The molecule has 0 amide bonds. The van der Waals surface area contributed by atoms with Crippen molar-refractivity contribution in [3.63, 3.8) is 0 Å². The van der Waals surface area contributed by atoms with Crippen molar-refractivity contribution in [2.24, 2.45) is 0 Å². The van der Waals surface area contributed by atoms with Crippen LogP contribution in [0.5, 0.6) is 5.75 Å². The van der Waals surface area contributed by atoms with Gasteiger partial charge in [-0.2, -0.15) is 0 Å². The minimum absolute atomic E-state index is 0.367. The summed E-state index contributed by atoms with van der Waals surface area (Å²) in [6, 6.07) is 3.84. The Bertz CT molecular complexity index is 292. The van der Waals surface area contributed by atoms with Crippen LogP contribution in [0.4, 0.5) is 0 Å². The van der Waals surface area contributed by atoms with Crippen molar-refractivity contribution < 1.29 is 9.84 Å². The summed E-state index contributed by atoms with van der Waals surface area (Å²) >= 11 is 0. The second-order valence-corrected chi connectivity index (χ2v) is 3.19. The number of hydrogen-bond acceptors (Lipinski definition) is 2. The summed E-state index contributed by atoms with van der Waals surface area (Å²) in [5, 5.41) is 9.58. The van der Waals surface area contributed by atoms with E-state index in [4.69, 9.17) is 4.74 Å². The summed E-state index contributed by atoms with van der Waals surface area (Å²) in [5.41, 5.74) is 3.19. The van der Waals surface area contributed by atoms with Crippen LogP contribution in [0.1, 0.15) is 23.6 Å². The predicted molar refractivity (Wildman–Crippen MR) is 52.9 cm³/mol. The summed E-state index contributed by atoms with van der Waals surface area (Å²) in [7, 11) is 1.66. The number of ether oxygens (including phenoxy) is 1. The zero-order valence-electron chi connectivity index (χ0n) is 8.42. The van der Waals surface area contributed by atoms with Gasteiger partial charge in [-0.05, 0) is 36.1 Å². The van der Waals surface area contributed by atoms with Gasteiger partial charge in [0, 0.05) is 7.11 Å². The molecule has 0 radical (unpaired) electrons. The quantitative estimate of drug-likeness (QED) is 0.774. The first kappa shape index (κ1) is 10.1. The molecule has 72 valence electrons. The van der Waals surface area contributed by atoms with Crippen molar-refractivity contribution in [3.8, 4) is 5.75 Å². The predicted octanol–water partition coefficient (Wildman–Crippen LogP) is 2.41. The van der Waals surface area contributed by atoms with Gasteiger partial charge in [-0.3, -0.25) is 0 Å². The summed E-state index contributed by atoms with van der Waals surface area (Å²) in [4.78, 5) is 0. The monoisotopic (exact) mass is 180 g/mol. The fraction of sp³-hybridized carbons (Fsp3) is 0.455. The SMILES string of the molecule is CCc1cc(COC)cc(O)c1C.